The molecule has 0 aliphatic carbocycles. The summed E-state index contributed by atoms with van der Waals surface area (Å²) >= 11 is 7.39. The first-order chi connectivity index (χ1) is 7.15. The lowest BCUT2D eigenvalue weighted by molar-refractivity contribution is -0.121. The second-order valence-electron chi connectivity index (χ2n) is 3.48. The molecule has 0 radical (unpaired) electrons. The van der Waals surface area contributed by atoms with Crippen molar-refractivity contribution in [1.82, 2.24) is 5.32 Å². The van der Waals surface area contributed by atoms with Gasteiger partial charge in [0, 0.05) is 4.88 Å². The average molecular weight is 246 g/mol. The average Bonchev–Trinajstić information content (AvgIpc) is 2.69. The Labute approximate surface area is 99.6 Å². The minimum atomic E-state index is -0.468. The second kappa shape index (κ2) is 6.13. The van der Waals surface area contributed by atoms with Crippen LogP contribution in [0.25, 0.3) is 0 Å². The summed E-state index contributed by atoms with van der Waals surface area (Å²) in [5, 5.41) is 4.51. The van der Waals surface area contributed by atoms with Crippen molar-refractivity contribution in [2.75, 3.05) is 0 Å². The third-order valence-electron chi connectivity index (χ3n) is 2.14. The fourth-order valence-corrected chi connectivity index (χ4v) is 2.23. The molecule has 1 amide bonds. The predicted molar refractivity (Wildman–Crippen MR) is 65.4 cm³/mol. The standard InChI is InChI=1S/C11H16ClNOS/c1-3-5-9(10-6-4-7-15-10)13-11(14)8(2)12/h4,6-9H,3,5H2,1-2H3,(H,13,14). The zero-order chi connectivity index (χ0) is 11.3. The molecule has 2 nitrogen and oxygen atoms in total. The number of alkyl halides is 1. The van der Waals surface area contributed by atoms with Crippen LogP contribution in [-0.2, 0) is 4.79 Å². The summed E-state index contributed by atoms with van der Waals surface area (Å²) in [6.45, 7) is 3.80. The maximum Gasteiger partial charge on any atom is 0.238 e. The van der Waals surface area contributed by atoms with E-state index in [2.05, 4.69) is 12.2 Å². The molecule has 1 N–H and O–H groups in total. The van der Waals surface area contributed by atoms with Gasteiger partial charge in [0.05, 0.1) is 6.04 Å². The van der Waals surface area contributed by atoms with Crippen molar-refractivity contribution in [3.8, 4) is 0 Å². The van der Waals surface area contributed by atoms with Gasteiger partial charge in [0.25, 0.3) is 0 Å². The molecule has 0 aromatic carbocycles. The highest BCUT2D eigenvalue weighted by Gasteiger charge is 2.17. The van der Waals surface area contributed by atoms with E-state index in [1.807, 2.05) is 17.5 Å². The van der Waals surface area contributed by atoms with Crippen molar-refractivity contribution < 1.29 is 4.79 Å². The van der Waals surface area contributed by atoms with E-state index in [4.69, 9.17) is 11.6 Å². The third-order valence-corrected chi connectivity index (χ3v) is 3.33. The van der Waals surface area contributed by atoms with Crippen LogP contribution in [-0.4, -0.2) is 11.3 Å². The Bertz CT molecular complexity index is 298. The minimum absolute atomic E-state index is 0.0940. The van der Waals surface area contributed by atoms with Crippen LogP contribution in [0.15, 0.2) is 17.5 Å². The van der Waals surface area contributed by atoms with Gasteiger partial charge in [-0.25, -0.2) is 0 Å². The topological polar surface area (TPSA) is 29.1 Å². The quantitative estimate of drug-likeness (QED) is 0.793. The summed E-state index contributed by atoms with van der Waals surface area (Å²) in [6.07, 6.45) is 2.00. The summed E-state index contributed by atoms with van der Waals surface area (Å²) in [7, 11) is 0. The van der Waals surface area contributed by atoms with Gasteiger partial charge in [-0.1, -0.05) is 19.4 Å². The lowest BCUT2D eigenvalue weighted by Gasteiger charge is -2.17. The summed E-state index contributed by atoms with van der Waals surface area (Å²) in [5.74, 6) is -0.0940. The zero-order valence-corrected chi connectivity index (χ0v) is 10.6. The molecular weight excluding hydrogens is 230 g/mol. The zero-order valence-electron chi connectivity index (χ0n) is 9.00. The van der Waals surface area contributed by atoms with Gasteiger partial charge in [0.2, 0.25) is 5.91 Å². The smallest absolute Gasteiger partial charge is 0.238 e. The van der Waals surface area contributed by atoms with Gasteiger partial charge < -0.3 is 5.32 Å². The molecule has 0 aliphatic heterocycles. The number of carbonyl (C=O) groups is 1. The normalized spacial score (nSPS) is 14.6. The maximum atomic E-state index is 11.5. The van der Waals surface area contributed by atoms with E-state index < -0.39 is 5.38 Å². The van der Waals surface area contributed by atoms with Crippen molar-refractivity contribution in [3.05, 3.63) is 22.4 Å². The maximum absolute atomic E-state index is 11.5. The van der Waals surface area contributed by atoms with Gasteiger partial charge in [0.1, 0.15) is 5.38 Å². The lowest BCUT2D eigenvalue weighted by atomic mass is 10.1. The van der Waals surface area contributed by atoms with Crippen LogP contribution >= 0.6 is 22.9 Å². The molecule has 2 unspecified atom stereocenters. The molecule has 4 heteroatoms. The Hall–Kier alpha value is -0.540. The van der Waals surface area contributed by atoms with Crippen LogP contribution in [0, 0.1) is 0 Å². The molecule has 1 aromatic heterocycles. The molecule has 0 spiro atoms. The van der Waals surface area contributed by atoms with Crippen molar-refractivity contribution >= 4 is 28.8 Å². The first-order valence-corrected chi connectivity index (χ1v) is 6.44. The van der Waals surface area contributed by atoms with Crippen LogP contribution in [0.2, 0.25) is 0 Å². The molecule has 0 saturated heterocycles. The van der Waals surface area contributed by atoms with E-state index in [1.54, 1.807) is 18.3 Å². The van der Waals surface area contributed by atoms with Gasteiger partial charge in [-0.3, -0.25) is 4.79 Å². The molecule has 15 heavy (non-hydrogen) atoms. The SMILES string of the molecule is CCCC(NC(=O)C(C)Cl)c1cccs1. The molecular formula is C11H16ClNOS. The first-order valence-electron chi connectivity index (χ1n) is 5.13. The molecule has 2 atom stereocenters. The molecule has 0 fully saturated rings. The number of nitrogens with one attached hydrogen (secondary N) is 1. The fourth-order valence-electron chi connectivity index (χ4n) is 1.35. The summed E-state index contributed by atoms with van der Waals surface area (Å²) < 4.78 is 0. The Morgan fingerprint density at radius 3 is 2.87 bits per heavy atom. The number of hydrogen-bond donors (Lipinski definition) is 1. The molecule has 0 bridgehead atoms. The molecule has 1 heterocycles. The van der Waals surface area contributed by atoms with Crippen molar-refractivity contribution in [3.63, 3.8) is 0 Å². The number of amides is 1. The second-order valence-corrected chi connectivity index (χ2v) is 5.12. The molecule has 0 aliphatic rings. The van der Waals surface area contributed by atoms with Crippen LogP contribution in [0.5, 0.6) is 0 Å². The Balaban J connectivity index is 2.63. The fraction of sp³-hybridized carbons (Fsp3) is 0.545. The highest BCUT2D eigenvalue weighted by atomic mass is 35.5. The lowest BCUT2D eigenvalue weighted by Crippen LogP contribution is -2.32. The van der Waals surface area contributed by atoms with Crippen molar-refractivity contribution in [2.45, 2.75) is 38.1 Å². The highest BCUT2D eigenvalue weighted by molar-refractivity contribution is 7.10. The molecule has 0 saturated carbocycles. The number of halogens is 1. The Morgan fingerprint density at radius 1 is 1.67 bits per heavy atom. The van der Waals surface area contributed by atoms with Crippen LogP contribution in [0.4, 0.5) is 0 Å². The van der Waals surface area contributed by atoms with E-state index in [0.717, 1.165) is 12.8 Å². The number of rotatable bonds is 5. The predicted octanol–water partition coefficient (Wildman–Crippen LogP) is 3.33. The van der Waals surface area contributed by atoms with Gasteiger partial charge in [0.15, 0.2) is 0 Å². The van der Waals surface area contributed by atoms with Gasteiger partial charge >= 0.3 is 0 Å². The van der Waals surface area contributed by atoms with E-state index >= 15 is 0 Å². The third kappa shape index (κ3) is 3.84. The number of hydrogen-bond acceptors (Lipinski definition) is 2. The molecule has 1 rings (SSSR count). The summed E-state index contributed by atoms with van der Waals surface area (Å²) in [5.41, 5.74) is 0. The largest absolute Gasteiger partial charge is 0.347 e. The summed E-state index contributed by atoms with van der Waals surface area (Å²) in [4.78, 5) is 12.7. The summed E-state index contributed by atoms with van der Waals surface area (Å²) in [6, 6.07) is 4.16. The monoisotopic (exact) mass is 245 g/mol. The van der Waals surface area contributed by atoms with Crippen LogP contribution < -0.4 is 5.32 Å². The van der Waals surface area contributed by atoms with Gasteiger partial charge in [-0.15, -0.1) is 22.9 Å². The highest BCUT2D eigenvalue weighted by Crippen LogP contribution is 2.23. The molecule has 1 aromatic rings. The van der Waals surface area contributed by atoms with E-state index in [0.29, 0.717) is 0 Å². The number of thiophene rings is 1. The van der Waals surface area contributed by atoms with Gasteiger partial charge in [-0.2, -0.15) is 0 Å². The molecule has 84 valence electrons. The van der Waals surface area contributed by atoms with Crippen molar-refractivity contribution in [1.29, 1.82) is 0 Å². The first kappa shape index (κ1) is 12.5. The van der Waals surface area contributed by atoms with E-state index in [-0.39, 0.29) is 11.9 Å². The Kier molecular flexibility index (Phi) is 5.12. The van der Waals surface area contributed by atoms with Crippen LogP contribution in [0.3, 0.4) is 0 Å². The van der Waals surface area contributed by atoms with Gasteiger partial charge in [-0.05, 0) is 24.8 Å². The minimum Gasteiger partial charge on any atom is -0.347 e. The van der Waals surface area contributed by atoms with E-state index in [1.165, 1.54) is 4.88 Å². The van der Waals surface area contributed by atoms with E-state index in [9.17, 15) is 4.79 Å². The Morgan fingerprint density at radius 2 is 2.40 bits per heavy atom. The number of carbonyl (C=O) groups excluding carboxylic acids is 1. The van der Waals surface area contributed by atoms with Crippen LogP contribution in [0.1, 0.15) is 37.6 Å². The van der Waals surface area contributed by atoms with Crippen molar-refractivity contribution in [2.24, 2.45) is 0 Å².